The molecule has 0 saturated carbocycles. The zero-order valence-electron chi connectivity index (χ0n) is 19.4. The number of nitrogens with zero attached hydrogens (tertiary/aromatic N) is 1. The Labute approximate surface area is 200 Å². The fraction of sp³-hybridized carbons (Fsp3) is 0.333. The van der Waals surface area contributed by atoms with Crippen LogP contribution in [0, 0.1) is 0 Å². The summed E-state index contributed by atoms with van der Waals surface area (Å²) in [6.07, 6.45) is -3.03. The maximum atomic E-state index is 12.4. The van der Waals surface area contributed by atoms with Gasteiger partial charge in [-0.25, -0.2) is 4.79 Å². The van der Waals surface area contributed by atoms with Crippen LogP contribution < -0.4 is 5.32 Å². The number of phenolic OH excluding ortho intramolecular Hbond substituents is 1. The number of carboxylic acid groups (broad SMARTS) is 1. The van der Waals surface area contributed by atoms with Gasteiger partial charge in [-0.05, 0) is 49.2 Å². The number of para-hydroxylation sites is 1. The zero-order valence-corrected chi connectivity index (χ0v) is 19.4. The monoisotopic (exact) mass is 495 g/mol. The van der Waals surface area contributed by atoms with Gasteiger partial charge in [-0.1, -0.05) is 24.3 Å². The predicted molar refractivity (Wildman–Crippen MR) is 124 cm³/mol. The molecule has 2 aromatic carbocycles. The van der Waals surface area contributed by atoms with Gasteiger partial charge in [0.1, 0.15) is 5.75 Å². The molecule has 2 atom stereocenters. The quantitative estimate of drug-likeness (QED) is 0.342. The Morgan fingerprint density at radius 2 is 1.71 bits per heavy atom. The minimum atomic E-state index is -5.08. The standard InChI is InChI=1S/C22H27N3O3.C2HF3O2/c1-14(21(27)15-7-9-17(26)10-8-15)23-12-11-16-13-24-20-18(16)5-4-6-19(20)22(28)25(2)3;3-2(4,5)1(6)7/h4-10,13-14,21,23-24,26-27H,11-12H2,1-3H3;(H,6,7)/t14-,21-;/m0./s1. The van der Waals surface area contributed by atoms with Crippen molar-refractivity contribution >= 4 is 22.8 Å². The zero-order chi connectivity index (χ0) is 26.3. The maximum Gasteiger partial charge on any atom is 0.490 e. The van der Waals surface area contributed by atoms with E-state index in [9.17, 15) is 28.2 Å². The molecule has 0 aliphatic carbocycles. The Kier molecular flexibility index (Phi) is 9.26. The highest BCUT2D eigenvalue weighted by Crippen LogP contribution is 2.23. The number of carboxylic acids is 1. The molecule has 3 aromatic rings. The fourth-order valence-corrected chi connectivity index (χ4v) is 3.34. The SMILES string of the molecule is C[C@H](NCCc1c[nH]c2c(C(=O)N(C)C)cccc12)[C@H](O)c1ccc(O)cc1.O=C(O)C(F)(F)F. The number of aliphatic hydroxyl groups excluding tert-OH is 1. The Morgan fingerprint density at radius 1 is 1.11 bits per heavy atom. The van der Waals surface area contributed by atoms with Gasteiger partial charge in [-0.15, -0.1) is 0 Å². The minimum absolute atomic E-state index is 0.0252. The van der Waals surface area contributed by atoms with Crippen molar-refractivity contribution in [1.82, 2.24) is 15.2 Å². The van der Waals surface area contributed by atoms with Gasteiger partial charge in [-0.2, -0.15) is 13.2 Å². The molecule has 8 nitrogen and oxygen atoms in total. The third-order valence-electron chi connectivity index (χ3n) is 5.25. The number of halogens is 3. The summed E-state index contributed by atoms with van der Waals surface area (Å²) in [6, 6.07) is 12.2. The van der Waals surface area contributed by atoms with Crippen molar-refractivity contribution in [3.05, 3.63) is 65.4 Å². The van der Waals surface area contributed by atoms with Crippen molar-refractivity contribution in [2.24, 2.45) is 0 Å². The Hall–Kier alpha value is -3.57. The molecule has 0 unspecified atom stereocenters. The van der Waals surface area contributed by atoms with Crippen LogP contribution in [0.15, 0.2) is 48.7 Å². The number of nitrogens with one attached hydrogen (secondary N) is 2. The van der Waals surface area contributed by atoms with Gasteiger partial charge in [0.15, 0.2) is 0 Å². The number of H-pyrrole nitrogens is 1. The number of alkyl halides is 3. The highest BCUT2D eigenvalue weighted by Gasteiger charge is 2.38. The summed E-state index contributed by atoms with van der Waals surface area (Å²) in [7, 11) is 3.49. The summed E-state index contributed by atoms with van der Waals surface area (Å²) < 4.78 is 31.7. The molecule has 0 bridgehead atoms. The molecule has 190 valence electrons. The van der Waals surface area contributed by atoms with Crippen LogP contribution in [0.25, 0.3) is 10.9 Å². The van der Waals surface area contributed by atoms with E-state index in [0.29, 0.717) is 12.1 Å². The summed E-state index contributed by atoms with van der Waals surface area (Å²) in [5.41, 5.74) is 3.41. The molecular formula is C24H28F3N3O5. The maximum absolute atomic E-state index is 12.4. The van der Waals surface area contributed by atoms with E-state index in [0.717, 1.165) is 28.5 Å². The van der Waals surface area contributed by atoms with Gasteiger partial charge in [0.05, 0.1) is 17.2 Å². The molecule has 1 aromatic heterocycles. The number of aliphatic hydroxyl groups is 1. The molecule has 35 heavy (non-hydrogen) atoms. The van der Waals surface area contributed by atoms with E-state index in [1.807, 2.05) is 31.3 Å². The van der Waals surface area contributed by atoms with Crippen LogP contribution in [0.3, 0.4) is 0 Å². The smallest absolute Gasteiger partial charge is 0.490 e. The first-order chi connectivity index (χ1) is 16.3. The molecule has 11 heteroatoms. The van der Waals surface area contributed by atoms with E-state index in [4.69, 9.17) is 9.90 Å². The van der Waals surface area contributed by atoms with E-state index in [1.165, 1.54) is 0 Å². The van der Waals surface area contributed by atoms with Gasteiger partial charge in [0.2, 0.25) is 0 Å². The first-order valence-corrected chi connectivity index (χ1v) is 10.6. The molecule has 1 amide bonds. The molecule has 3 rings (SSSR count). The van der Waals surface area contributed by atoms with E-state index in [1.54, 1.807) is 43.3 Å². The van der Waals surface area contributed by atoms with Gasteiger partial charge in [-0.3, -0.25) is 4.79 Å². The molecule has 5 N–H and O–H groups in total. The largest absolute Gasteiger partial charge is 0.508 e. The normalized spacial score (nSPS) is 13.0. The molecule has 0 aliphatic heterocycles. The van der Waals surface area contributed by atoms with E-state index < -0.39 is 18.2 Å². The lowest BCUT2D eigenvalue weighted by Gasteiger charge is -2.20. The first-order valence-electron chi connectivity index (χ1n) is 10.6. The van der Waals surface area contributed by atoms with Gasteiger partial charge in [0, 0.05) is 31.7 Å². The van der Waals surface area contributed by atoms with Crippen LogP contribution in [-0.2, 0) is 11.2 Å². The number of hydrogen-bond acceptors (Lipinski definition) is 5. The Balaban J connectivity index is 0.000000540. The second-order valence-corrected chi connectivity index (χ2v) is 8.07. The average Bonchev–Trinajstić information content (AvgIpc) is 3.21. The molecule has 0 spiro atoms. The molecular weight excluding hydrogens is 467 g/mol. The van der Waals surface area contributed by atoms with Crippen molar-refractivity contribution in [1.29, 1.82) is 0 Å². The highest BCUT2D eigenvalue weighted by atomic mass is 19.4. The van der Waals surface area contributed by atoms with E-state index in [-0.39, 0.29) is 17.7 Å². The number of fused-ring (bicyclic) bond motifs is 1. The number of hydrogen-bond donors (Lipinski definition) is 5. The highest BCUT2D eigenvalue weighted by molar-refractivity contribution is 6.06. The molecule has 0 fully saturated rings. The number of phenols is 1. The van der Waals surface area contributed by atoms with Crippen molar-refractivity contribution in [3.8, 4) is 5.75 Å². The fourth-order valence-electron chi connectivity index (χ4n) is 3.34. The molecule has 0 saturated heterocycles. The van der Waals surface area contributed by atoms with Crippen LogP contribution >= 0.6 is 0 Å². The number of benzene rings is 2. The number of aromatic hydroxyl groups is 1. The lowest BCUT2D eigenvalue weighted by atomic mass is 10.0. The number of rotatable bonds is 7. The topological polar surface area (TPSA) is 126 Å². The number of carbonyl (C=O) groups excluding carboxylic acids is 1. The van der Waals surface area contributed by atoms with Crippen LogP contribution in [0.5, 0.6) is 5.75 Å². The van der Waals surface area contributed by atoms with Crippen molar-refractivity contribution in [3.63, 3.8) is 0 Å². The molecule has 0 radical (unpaired) electrons. The Morgan fingerprint density at radius 3 is 2.26 bits per heavy atom. The predicted octanol–water partition coefficient (Wildman–Crippen LogP) is 3.46. The third kappa shape index (κ3) is 7.46. The number of aromatic nitrogens is 1. The van der Waals surface area contributed by atoms with E-state index in [2.05, 4.69) is 10.3 Å². The van der Waals surface area contributed by atoms with E-state index >= 15 is 0 Å². The van der Waals surface area contributed by atoms with Crippen LogP contribution in [0.2, 0.25) is 0 Å². The summed E-state index contributed by atoms with van der Waals surface area (Å²) in [5.74, 6) is -2.60. The summed E-state index contributed by atoms with van der Waals surface area (Å²) >= 11 is 0. The average molecular weight is 495 g/mol. The van der Waals surface area contributed by atoms with Gasteiger partial charge in [0.25, 0.3) is 5.91 Å². The lowest BCUT2D eigenvalue weighted by molar-refractivity contribution is -0.192. The minimum Gasteiger partial charge on any atom is -0.508 e. The summed E-state index contributed by atoms with van der Waals surface area (Å²) in [6.45, 7) is 2.62. The summed E-state index contributed by atoms with van der Waals surface area (Å²) in [5, 5.41) is 31.4. The lowest BCUT2D eigenvalue weighted by Crippen LogP contribution is -2.33. The van der Waals surface area contributed by atoms with Crippen molar-refractivity contribution in [2.75, 3.05) is 20.6 Å². The van der Waals surface area contributed by atoms with Crippen LogP contribution in [0.1, 0.15) is 34.5 Å². The second-order valence-electron chi connectivity index (χ2n) is 8.07. The summed E-state index contributed by atoms with van der Waals surface area (Å²) in [4.78, 5) is 26.1. The first kappa shape index (κ1) is 27.7. The van der Waals surface area contributed by atoms with Crippen LogP contribution in [0.4, 0.5) is 13.2 Å². The van der Waals surface area contributed by atoms with Gasteiger partial charge >= 0.3 is 12.1 Å². The Bertz CT molecular complexity index is 1140. The second kappa shape index (κ2) is 11.7. The number of carbonyl (C=O) groups is 2. The van der Waals surface area contributed by atoms with Crippen LogP contribution in [-0.4, -0.2) is 69.9 Å². The van der Waals surface area contributed by atoms with Crippen molar-refractivity contribution in [2.45, 2.75) is 31.7 Å². The number of aliphatic carboxylic acids is 1. The third-order valence-corrected chi connectivity index (χ3v) is 5.25. The van der Waals surface area contributed by atoms with Gasteiger partial charge < -0.3 is 30.5 Å². The van der Waals surface area contributed by atoms with Crippen molar-refractivity contribution < 1.29 is 38.1 Å². The molecule has 0 aliphatic rings. The number of aromatic amines is 1. The molecule has 1 heterocycles. The number of amides is 1.